The molecule has 0 spiro atoms. The molecule has 3 atom stereocenters. The van der Waals surface area contributed by atoms with E-state index in [-0.39, 0.29) is 35.3 Å². The van der Waals surface area contributed by atoms with Gasteiger partial charge in [0.2, 0.25) is 11.8 Å². The highest BCUT2D eigenvalue weighted by Gasteiger charge is 2.49. The zero-order valence-electron chi connectivity index (χ0n) is 10.1. The molecule has 2 aliphatic carbocycles. The van der Waals surface area contributed by atoms with Gasteiger partial charge in [-0.05, 0) is 18.8 Å². The van der Waals surface area contributed by atoms with Crippen molar-refractivity contribution in [1.82, 2.24) is 4.73 Å². The summed E-state index contributed by atoms with van der Waals surface area (Å²) < 4.78 is 0.439. The number of aromatic nitrogens is 1. The van der Waals surface area contributed by atoms with Gasteiger partial charge in [0.15, 0.2) is 0 Å². The SMILES string of the molecule is O=C(O)CCSC1CC2CC1c1c2c(O)n(O)c1O. The van der Waals surface area contributed by atoms with Gasteiger partial charge >= 0.3 is 5.97 Å². The Bertz CT molecular complexity index is 541. The summed E-state index contributed by atoms with van der Waals surface area (Å²) in [5.41, 5.74) is 1.31. The molecule has 2 aliphatic rings. The molecule has 2 bridgehead atoms. The predicted molar refractivity (Wildman–Crippen MR) is 68.2 cm³/mol. The van der Waals surface area contributed by atoms with Crippen molar-refractivity contribution >= 4 is 17.7 Å². The van der Waals surface area contributed by atoms with Gasteiger partial charge in [-0.1, -0.05) is 0 Å². The number of aromatic hydroxyl groups is 2. The molecule has 6 nitrogen and oxygen atoms in total. The standard InChI is InChI=1S/C12H15NO5S/c14-8(15)1-2-19-7-4-5-3-6(7)10-9(5)11(16)13(18)12(10)17/h5-7,16-18H,1-4H2,(H,14,15). The zero-order valence-corrected chi connectivity index (χ0v) is 10.9. The average Bonchev–Trinajstić information content (AvgIpc) is 2.98. The number of rotatable bonds is 4. The minimum Gasteiger partial charge on any atom is -0.492 e. The van der Waals surface area contributed by atoms with Crippen LogP contribution in [0.25, 0.3) is 0 Å². The van der Waals surface area contributed by atoms with Crippen molar-refractivity contribution in [2.75, 3.05) is 5.75 Å². The minimum absolute atomic E-state index is 0.0955. The van der Waals surface area contributed by atoms with Crippen molar-refractivity contribution in [3.05, 3.63) is 11.1 Å². The van der Waals surface area contributed by atoms with E-state index in [1.165, 1.54) is 0 Å². The van der Waals surface area contributed by atoms with E-state index in [0.717, 1.165) is 12.8 Å². The summed E-state index contributed by atoms with van der Waals surface area (Å²) in [5.74, 6) is -0.541. The molecule has 3 rings (SSSR count). The van der Waals surface area contributed by atoms with Crippen LogP contribution in [0.3, 0.4) is 0 Å². The molecule has 19 heavy (non-hydrogen) atoms. The van der Waals surface area contributed by atoms with Gasteiger partial charge in [-0.15, -0.1) is 4.73 Å². The highest BCUT2D eigenvalue weighted by molar-refractivity contribution is 7.99. The molecule has 1 heterocycles. The first-order chi connectivity index (χ1) is 9.00. The number of carboxylic acids is 1. The quantitative estimate of drug-likeness (QED) is 0.628. The van der Waals surface area contributed by atoms with E-state index in [0.29, 0.717) is 21.6 Å². The van der Waals surface area contributed by atoms with Crippen molar-refractivity contribution < 1.29 is 25.3 Å². The fourth-order valence-electron chi connectivity index (χ4n) is 3.36. The highest BCUT2D eigenvalue weighted by atomic mass is 32.2. The number of nitrogens with zero attached hydrogens (tertiary/aromatic N) is 1. The van der Waals surface area contributed by atoms with Gasteiger partial charge in [-0.2, -0.15) is 11.8 Å². The second kappa shape index (κ2) is 4.26. The van der Waals surface area contributed by atoms with E-state index in [4.69, 9.17) is 5.11 Å². The minimum atomic E-state index is -0.807. The van der Waals surface area contributed by atoms with Crippen LogP contribution in [0.2, 0.25) is 0 Å². The van der Waals surface area contributed by atoms with Gasteiger partial charge in [0.05, 0.1) is 6.42 Å². The van der Waals surface area contributed by atoms with Gasteiger partial charge < -0.3 is 20.5 Å². The molecule has 1 fully saturated rings. The topological polar surface area (TPSA) is 103 Å². The third kappa shape index (κ3) is 1.75. The van der Waals surface area contributed by atoms with Crippen LogP contribution >= 0.6 is 11.8 Å². The molecule has 0 amide bonds. The Labute approximate surface area is 113 Å². The van der Waals surface area contributed by atoms with Crippen molar-refractivity contribution in [3.63, 3.8) is 0 Å². The van der Waals surface area contributed by atoms with Crippen molar-refractivity contribution in [3.8, 4) is 11.8 Å². The number of fused-ring (bicyclic) bond motifs is 5. The number of thioether (sulfide) groups is 1. The van der Waals surface area contributed by atoms with E-state index < -0.39 is 5.97 Å². The molecule has 3 unspecified atom stereocenters. The second-order valence-electron chi connectivity index (χ2n) is 5.11. The first-order valence-corrected chi connectivity index (χ1v) is 7.24. The Hall–Kier alpha value is -1.50. The molecule has 0 radical (unpaired) electrons. The number of carbonyl (C=O) groups is 1. The summed E-state index contributed by atoms with van der Waals surface area (Å²) in [7, 11) is 0. The first-order valence-electron chi connectivity index (χ1n) is 6.19. The van der Waals surface area contributed by atoms with Crippen molar-refractivity contribution in [2.45, 2.75) is 36.3 Å². The molecule has 1 aromatic heterocycles. The van der Waals surface area contributed by atoms with Crippen molar-refractivity contribution in [1.29, 1.82) is 0 Å². The van der Waals surface area contributed by atoms with E-state index >= 15 is 0 Å². The van der Waals surface area contributed by atoms with Crippen LogP contribution in [0, 0.1) is 0 Å². The Balaban J connectivity index is 1.78. The Morgan fingerprint density at radius 1 is 1.26 bits per heavy atom. The van der Waals surface area contributed by atoms with Crippen LogP contribution in [-0.2, 0) is 4.79 Å². The smallest absolute Gasteiger partial charge is 0.304 e. The second-order valence-corrected chi connectivity index (χ2v) is 6.46. The van der Waals surface area contributed by atoms with E-state index in [1.54, 1.807) is 11.8 Å². The Morgan fingerprint density at radius 3 is 2.63 bits per heavy atom. The largest absolute Gasteiger partial charge is 0.492 e. The van der Waals surface area contributed by atoms with Crippen LogP contribution in [0.1, 0.15) is 42.2 Å². The molecule has 1 aromatic rings. The summed E-state index contributed by atoms with van der Waals surface area (Å²) in [6.07, 6.45) is 1.85. The van der Waals surface area contributed by atoms with Gasteiger partial charge in [0.25, 0.3) is 0 Å². The number of hydrogen-bond acceptors (Lipinski definition) is 5. The first kappa shape index (κ1) is 12.5. The molecule has 7 heteroatoms. The normalized spacial score (nSPS) is 27.7. The van der Waals surface area contributed by atoms with Gasteiger partial charge in [-0.3, -0.25) is 4.79 Å². The molecule has 0 aliphatic heterocycles. The third-order valence-electron chi connectivity index (χ3n) is 4.10. The fourth-order valence-corrected chi connectivity index (χ4v) is 4.80. The zero-order chi connectivity index (χ0) is 13.7. The number of aliphatic carboxylic acids is 1. The summed E-state index contributed by atoms with van der Waals surface area (Å²) in [4.78, 5) is 10.5. The number of carboxylic acid groups (broad SMARTS) is 1. The molecule has 1 saturated carbocycles. The molecular formula is C12H15NO5S. The lowest BCUT2D eigenvalue weighted by Gasteiger charge is -2.21. The van der Waals surface area contributed by atoms with E-state index in [9.17, 15) is 20.2 Å². The molecule has 4 N–H and O–H groups in total. The Kier molecular flexibility index (Phi) is 2.81. The lowest BCUT2D eigenvalue weighted by molar-refractivity contribution is -0.136. The highest BCUT2D eigenvalue weighted by Crippen LogP contribution is 2.62. The number of hydrogen-bond donors (Lipinski definition) is 4. The predicted octanol–water partition coefficient (Wildman–Crippen LogP) is 1.69. The van der Waals surface area contributed by atoms with Crippen LogP contribution in [-0.4, -0.2) is 42.2 Å². The summed E-state index contributed by atoms with van der Waals surface area (Å²) >= 11 is 1.60. The molecule has 0 aromatic carbocycles. The van der Waals surface area contributed by atoms with E-state index in [2.05, 4.69) is 0 Å². The third-order valence-corrected chi connectivity index (χ3v) is 5.49. The summed E-state index contributed by atoms with van der Waals surface area (Å²) in [6, 6.07) is 0. The van der Waals surface area contributed by atoms with Crippen LogP contribution < -0.4 is 0 Å². The van der Waals surface area contributed by atoms with Gasteiger partial charge in [0.1, 0.15) is 0 Å². The lowest BCUT2D eigenvalue weighted by Crippen LogP contribution is -2.13. The van der Waals surface area contributed by atoms with Crippen LogP contribution in [0.4, 0.5) is 0 Å². The van der Waals surface area contributed by atoms with Crippen LogP contribution in [0.15, 0.2) is 0 Å². The molecule has 0 saturated heterocycles. The van der Waals surface area contributed by atoms with Gasteiger partial charge in [0, 0.05) is 28.0 Å². The van der Waals surface area contributed by atoms with Gasteiger partial charge in [-0.25, -0.2) is 0 Å². The maximum Gasteiger partial charge on any atom is 0.304 e. The maximum absolute atomic E-state index is 10.5. The Morgan fingerprint density at radius 2 is 1.95 bits per heavy atom. The molecule has 104 valence electrons. The summed E-state index contributed by atoms with van der Waals surface area (Å²) in [5, 5.41) is 38.0. The average molecular weight is 285 g/mol. The van der Waals surface area contributed by atoms with Crippen LogP contribution in [0.5, 0.6) is 11.8 Å². The van der Waals surface area contributed by atoms with E-state index in [1.807, 2.05) is 0 Å². The summed E-state index contributed by atoms with van der Waals surface area (Å²) in [6.45, 7) is 0. The molecular weight excluding hydrogens is 270 g/mol. The fraction of sp³-hybridized carbons (Fsp3) is 0.583. The maximum atomic E-state index is 10.5. The monoisotopic (exact) mass is 285 g/mol. The van der Waals surface area contributed by atoms with Crippen molar-refractivity contribution in [2.24, 2.45) is 0 Å². The lowest BCUT2D eigenvalue weighted by atomic mass is 9.94.